The number of benzene rings is 3. The van der Waals surface area contributed by atoms with Crippen LogP contribution in [-0.2, 0) is 4.74 Å². The number of carbonyl (C=O) groups excluding carboxylic acids is 2. The summed E-state index contributed by atoms with van der Waals surface area (Å²) in [5, 5.41) is 3.16. The van der Waals surface area contributed by atoms with E-state index in [1.54, 1.807) is 18.2 Å². The van der Waals surface area contributed by atoms with Gasteiger partial charge >= 0.3 is 6.09 Å². The van der Waals surface area contributed by atoms with E-state index in [2.05, 4.69) is 29.6 Å². The molecule has 0 radical (unpaired) electrons. The maximum absolute atomic E-state index is 12.2. The van der Waals surface area contributed by atoms with Crippen molar-refractivity contribution in [1.29, 1.82) is 0 Å². The molecule has 5 heteroatoms. The van der Waals surface area contributed by atoms with Crippen molar-refractivity contribution in [1.82, 2.24) is 5.32 Å². The van der Waals surface area contributed by atoms with Gasteiger partial charge in [0.2, 0.25) is 0 Å². The molecule has 3 aromatic rings. The molecule has 0 saturated carbocycles. The van der Waals surface area contributed by atoms with Crippen LogP contribution in [0.3, 0.4) is 0 Å². The van der Waals surface area contributed by atoms with Crippen molar-refractivity contribution >= 4 is 29.6 Å². The van der Waals surface area contributed by atoms with Gasteiger partial charge in [0.25, 0.3) is 0 Å². The lowest BCUT2D eigenvalue weighted by Crippen LogP contribution is -2.26. The minimum Gasteiger partial charge on any atom is -0.449 e. The largest absolute Gasteiger partial charge is 0.449 e. The van der Waals surface area contributed by atoms with Crippen molar-refractivity contribution in [2.45, 2.75) is 12.8 Å². The number of fused-ring (bicyclic) bond motifs is 3. The molecular formula is C26H22ClNO3. The highest BCUT2D eigenvalue weighted by Crippen LogP contribution is 2.44. The van der Waals surface area contributed by atoms with Crippen LogP contribution in [0.1, 0.15) is 39.9 Å². The van der Waals surface area contributed by atoms with Crippen LogP contribution in [-0.4, -0.2) is 25.0 Å². The molecule has 0 aromatic heterocycles. The average molecular weight is 432 g/mol. The Labute approximate surface area is 186 Å². The summed E-state index contributed by atoms with van der Waals surface area (Å²) in [4.78, 5) is 23.8. The first-order valence-electron chi connectivity index (χ1n) is 10.1. The second-order valence-electron chi connectivity index (χ2n) is 7.40. The highest BCUT2D eigenvalue weighted by Gasteiger charge is 2.28. The van der Waals surface area contributed by atoms with Gasteiger partial charge in [0.15, 0.2) is 5.78 Å². The van der Waals surface area contributed by atoms with Gasteiger partial charge in [0, 0.05) is 18.0 Å². The van der Waals surface area contributed by atoms with E-state index in [0.29, 0.717) is 17.1 Å². The summed E-state index contributed by atoms with van der Waals surface area (Å²) in [6.45, 7) is 2.07. The van der Waals surface area contributed by atoms with Gasteiger partial charge in [0.1, 0.15) is 6.61 Å². The van der Waals surface area contributed by atoms with Crippen molar-refractivity contribution in [2.75, 3.05) is 13.2 Å². The number of nitrogens with one attached hydrogen (secondary N) is 1. The molecule has 1 aliphatic carbocycles. The highest BCUT2D eigenvalue weighted by molar-refractivity contribution is 6.33. The van der Waals surface area contributed by atoms with Crippen LogP contribution in [0.2, 0.25) is 5.02 Å². The highest BCUT2D eigenvalue weighted by atomic mass is 35.5. The summed E-state index contributed by atoms with van der Waals surface area (Å²) in [7, 11) is 0. The number of ketones is 1. The first-order valence-corrected chi connectivity index (χ1v) is 10.5. The third-order valence-corrected chi connectivity index (χ3v) is 5.72. The van der Waals surface area contributed by atoms with E-state index in [4.69, 9.17) is 16.3 Å². The van der Waals surface area contributed by atoms with Crippen molar-refractivity contribution in [3.8, 4) is 11.1 Å². The number of alkyl carbamates (subject to hydrolysis) is 1. The predicted octanol–water partition coefficient (Wildman–Crippen LogP) is 6.09. The van der Waals surface area contributed by atoms with Crippen molar-refractivity contribution < 1.29 is 14.3 Å². The zero-order valence-electron chi connectivity index (χ0n) is 17.1. The number of amides is 1. The maximum atomic E-state index is 12.2. The van der Waals surface area contributed by atoms with Crippen LogP contribution in [0, 0.1) is 0 Å². The topological polar surface area (TPSA) is 55.4 Å². The minimum absolute atomic E-state index is 0.0350. The summed E-state index contributed by atoms with van der Waals surface area (Å²) in [5.41, 5.74) is 6.07. The van der Waals surface area contributed by atoms with Crippen LogP contribution >= 0.6 is 11.6 Å². The van der Waals surface area contributed by atoms with Gasteiger partial charge in [-0.1, -0.05) is 78.4 Å². The molecule has 0 saturated heterocycles. The Morgan fingerprint density at radius 1 is 1.00 bits per heavy atom. The van der Waals surface area contributed by atoms with E-state index in [0.717, 1.165) is 5.56 Å². The fraction of sp³-hybridized carbons (Fsp3) is 0.154. The number of hydrogen-bond acceptors (Lipinski definition) is 3. The molecule has 0 unspecified atom stereocenters. The standard InChI is InChI=1S/C26H22ClNO3/c1-17(29)23-15-18(12-13-25(23)27)7-6-14-28-26(30)31-16-24-21-10-4-2-8-19(21)20-9-3-5-11-22(20)24/h2-13,15,24H,14,16H2,1H3,(H,28,30). The third kappa shape index (κ3) is 4.54. The predicted molar refractivity (Wildman–Crippen MR) is 124 cm³/mol. The normalized spacial score (nSPS) is 12.5. The first-order chi connectivity index (χ1) is 15.0. The Hall–Kier alpha value is -3.37. The number of carbonyl (C=O) groups is 2. The number of Topliss-reactive ketones (excluding diaryl/α,β-unsaturated/α-hetero) is 1. The van der Waals surface area contributed by atoms with Crippen molar-refractivity contribution in [2.24, 2.45) is 0 Å². The van der Waals surface area contributed by atoms with Crippen LogP contribution in [0.25, 0.3) is 17.2 Å². The molecule has 0 fully saturated rings. The van der Waals surface area contributed by atoms with Gasteiger partial charge in [-0.05, 0) is 46.9 Å². The molecule has 1 amide bonds. The molecule has 31 heavy (non-hydrogen) atoms. The maximum Gasteiger partial charge on any atom is 0.407 e. The Balaban J connectivity index is 1.33. The van der Waals surface area contributed by atoms with Crippen LogP contribution in [0.15, 0.2) is 72.8 Å². The van der Waals surface area contributed by atoms with E-state index in [-0.39, 0.29) is 18.3 Å². The zero-order chi connectivity index (χ0) is 21.8. The Bertz CT molecular complexity index is 1120. The molecule has 0 heterocycles. The Morgan fingerprint density at radius 2 is 1.65 bits per heavy atom. The van der Waals surface area contributed by atoms with Crippen LogP contribution in [0.5, 0.6) is 0 Å². The Kier molecular flexibility index (Phi) is 6.19. The van der Waals surface area contributed by atoms with E-state index in [1.807, 2.05) is 36.4 Å². The average Bonchev–Trinajstić information content (AvgIpc) is 3.10. The summed E-state index contributed by atoms with van der Waals surface area (Å²) in [5.74, 6) is -0.0511. The lowest BCUT2D eigenvalue weighted by atomic mass is 9.98. The van der Waals surface area contributed by atoms with Gasteiger partial charge in [-0.3, -0.25) is 4.79 Å². The summed E-state index contributed by atoms with van der Waals surface area (Å²) in [6.07, 6.45) is 3.16. The monoisotopic (exact) mass is 431 g/mol. The van der Waals surface area contributed by atoms with Gasteiger partial charge in [-0.2, -0.15) is 0 Å². The summed E-state index contributed by atoms with van der Waals surface area (Å²) in [6, 6.07) is 21.7. The van der Waals surface area contributed by atoms with Gasteiger partial charge in [-0.25, -0.2) is 4.79 Å². The Morgan fingerprint density at radius 3 is 2.29 bits per heavy atom. The first kappa shape index (κ1) is 20.9. The van der Waals surface area contributed by atoms with Gasteiger partial charge in [0.05, 0.1) is 5.02 Å². The molecule has 1 aliphatic rings. The summed E-state index contributed by atoms with van der Waals surface area (Å²) < 4.78 is 5.51. The smallest absolute Gasteiger partial charge is 0.407 e. The molecule has 156 valence electrons. The molecule has 4 rings (SSSR count). The number of hydrogen-bond donors (Lipinski definition) is 1. The minimum atomic E-state index is -0.466. The fourth-order valence-electron chi connectivity index (χ4n) is 3.90. The van der Waals surface area contributed by atoms with E-state index < -0.39 is 6.09 Å². The number of rotatable bonds is 6. The van der Waals surface area contributed by atoms with Crippen LogP contribution < -0.4 is 5.32 Å². The number of ether oxygens (including phenoxy) is 1. The summed E-state index contributed by atoms with van der Waals surface area (Å²) >= 11 is 6.03. The van der Waals surface area contributed by atoms with Crippen molar-refractivity contribution in [3.63, 3.8) is 0 Å². The van der Waals surface area contributed by atoms with Gasteiger partial charge < -0.3 is 10.1 Å². The van der Waals surface area contributed by atoms with Crippen molar-refractivity contribution in [3.05, 3.63) is 100 Å². The SMILES string of the molecule is CC(=O)c1cc(C=CCNC(=O)OCC2c3ccccc3-c3ccccc32)ccc1Cl. The zero-order valence-corrected chi connectivity index (χ0v) is 17.9. The molecule has 0 aliphatic heterocycles. The molecule has 0 spiro atoms. The lowest BCUT2D eigenvalue weighted by molar-refractivity contribution is 0.101. The second kappa shape index (κ2) is 9.19. The van der Waals surface area contributed by atoms with E-state index >= 15 is 0 Å². The van der Waals surface area contributed by atoms with E-state index in [1.165, 1.54) is 29.2 Å². The quantitative estimate of drug-likeness (QED) is 0.480. The molecule has 3 aromatic carbocycles. The van der Waals surface area contributed by atoms with Gasteiger partial charge in [-0.15, -0.1) is 0 Å². The molecular weight excluding hydrogens is 410 g/mol. The second-order valence-corrected chi connectivity index (χ2v) is 7.81. The van der Waals surface area contributed by atoms with E-state index in [9.17, 15) is 9.59 Å². The molecule has 0 bridgehead atoms. The third-order valence-electron chi connectivity index (χ3n) is 5.39. The molecule has 4 nitrogen and oxygen atoms in total. The van der Waals surface area contributed by atoms with Crippen LogP contribution in [0.4, 0.5) is 4.79 Å². The molecule has 0 atom stereocenters. The number of halogens is 1. The lowest BCUT2D eigenvalue weighted by Gasteiger charge is -2.14. The molecule has 1 N–H and O–H groups in total. The fourth-order valence-corrected chi connectivity index (χ4v) is 4.15.